The zero-order valence-electron chi connectivity index (χ0n) is 11.6. The summed E-state index contributed by atoms with van der Waals surface area (Å²) in [6, 6.07) is 8.87. The molecule has 1 amide bonds. The Balaban J connectivity index is 2.24. The van der Waals surface area contributed by atoms with E-state index < -0.39 is 18.1 Å². The molecule has 0 aliphatic carbocycles. The lowest BCUT2D eigenvalue weighted by Gasteiger charge is -2.17. The molecule has 5 nitrogen and oxygen atoms in total. The molecule has 6 heteroatoms. The number of rotatable bonds is 9. The van der Waals surface area contributed by atoms with Crippen molar-refractivity contribution in [2.45, 2.75) is 32.1 Å². The van der Waals surface area contributed by atoms with Crippen molar-refractivity contribution in [1.29, 1.82) is 0 Å². The molecule has 0 aromatic heterocycles. The van der Waals surface area contributed by atoms with Crippen LogP contribution in [0.25, 0.3) is 0 Å². The van der Waals surface area contributed by atoms with Gasteiger partial charge in [0.2, 0.25) is 0 Å². The normalized spacial score (nSPS) is 13.8. The number of nitrogens with two attached hydrogens (primary N) is 1. The maximum atomic E-state index is 11.6. The number of nitrogens with one attached hydrogen (secondary N) is 1. The SMILES string of the molecule is CCSCC[C@@H](N)C(O)C(=O)NOCc1ccccc1. The highest BCUT2D eigenvalue weighted by atomic mass is 32.2. The Morgan fingerprint density at radius 3 is 2.80 bits per heavy atom. The van der Waals surface area contributed by atoms with Gasteiger partial charge in [-0.25, -0.2) is 5.48 Å². The van der Waals surface area contributed by atoms with E-state index in [-0.39, 0.29) is 6.61 Å². The summed E-state index contributed by atoms with van der Waals surface area (Å²) in [7, 11) is 0. The van der Waals surface area contributed by atoms with E-state index in [1.807, 2.05) is 30.3 Å². The average molecular weight is 298 g/mol. The summed E-state index contributed by atoms with van der Waals surface area (Å²) in [4.78, 5) is 16.7. The van der Waals surface area contributed by atoms with Crippen LogP contribution in [-0.4, -0.2) is 34.7 Å². The second kappa shape index (κ2) is 9.77. The first kappa shape index (κ1) is 17.0. The lowest BCUT2D eigenvalue weighted by molar-refractivity contribution is -0.144. The molecule has 1 unspecified atom stereocenters. The predicted octanol–water partition coefficient (Wildman–Crippen LogP) is 1.07. The van der Waals surface area contributed by atoms with Crippen LogP contribution in [0.5, 0.6) is 0 Å². The molecule has 0 saturated heterocycles. The highest BCUT2D eigenvalue weighted by Gasteiger charge is 2.22. The van der Waals surface area contributed by atoms with Crippen molar-refractivity contribution < 1.29 is 14.7 Å². The molecule has 0 aliphatic rings. The largest absolute Gasteiger partial charge is 0.382 e. The number of hydroxylamine groups is 1. The summed E-state index contributed by atoms with van der Waals surface area (Å²) < 4.78 is 0. The van der Waals surface area contributed by atoms with Crippen LogP contribution in [0.4, 0.5) is 0 Å². The number of carbonyl (C=O) groups is 1. The summed E-state index contributed by atoms with van der Waals surface area (Å²) >= 11 is 1.73. The maximum Gasteiger partial charge on any atom is 0.273 e. The Morgan fingerprint density at radius 1 is 1.45 bits per heavy atom. The van der Waals surface area contributed by atoms with Crippen molar-refractivity contribution in [3.8, 4) is 0 Å². The van der Waals surface area contributed by atoms with Crippen LogP contribution in [0.2, 0.25) is 0 Å². The third kappa shape index (κ3) is 6.38. The second-order valence-electron chi connectivity index (χ2n) is 4.33. The minimum atomic E-state index is -1.25. The number of hydrogen-bond acceptors (Lipinski definition) is 5. The number of hydrogen-bond donors (Lipinski definition) is 3. The van der Waals surface area contributed by atoms with Crippen molar-refractivity contribution in [2.24, 2.45) is 5.73 Å². The zero-order valence-corrected chi connectivity index (χ0v) is 12.4. The van der Waals surface area contributed by atoms with E-state index in [9.17, 15) is 9.90 Å². The van der Waals surface area contributed by atoms with Crippen LogP contribution in [0, 0.1) is 0 Å². The van der Waals surface area contributed by atoms with E-state index in [1.54, 1.807) is 11.8 Å². The monoisotopic (exact) mass is 298 g/mol. The van der Waals surface area contributed by atoms with Gasteiger partial charge in [-0.05, 0) is 23.5 Å². The zero-order chi connectivity index (χ0) is 14.8. The molecule has 0 heterocycles. The van der Waals surface area contributed by atoms with Crippen LogP contribution in [0.1, 0.15) is 18.9 Å². The molecule has 20 heavy (non-hydrogen) atoms. The van der Waals surface area contributed by atoms with E-state index >= 15 is 0 Å². The maximum absolute atomic E-state index is 11.6. The Labute approximate surface area is 123 Å². The second-order valence-corrected chi connectivity index (χ2v) is 5.73. The molecule has 2 atom stereocenters. The van der Waals surface area contributed by atoms with E-state index in [1.165, 1.54) is 0 Å². The molecule has 0 radical (unpaired) electrons. The van der Waals surface area contributed by atoms with E-state index in [4.69, 9.17) is 10.6 Å². The molecule has 1 rings (SSSR count). The van der Waals surface area contributed by atoms with Crippen LogP contribution in [-0.2, 0) is 16.2 Å². The lowest BCUT2D eigenvalue weighted by Crippen LogP contribution is -2.46. The summed E-state index contributed by atoms with van der Waals surface area (Å²) in [5, 5.41) is 9.76. The van der Waals surface area contributed by atoms with Crippen molar-refractivity contribution in [1.82, 2.24) is 5.48 Å². The first-order chi connectivity index (χ1) is 9.65. The first-order valence-corrected chi connectivity index (χ1v) is 7.77. The number of amides is 1. The van der Waals surface area contributed by atoms with Gasteiger partial charge in [-0.3, -0.25) is 9.63 Å². The minimum Gasteiger partial charge on any atom is -0.382 e. The van der Waals surface area contributed by atoms with E-state index in [0.717, 1.165) is 17.1 Å². The van der Waals surface area contributed by atoms with E-state index in [0.29, 0.717) is 6.42 Å². The molecular weight excluding hydrogens is 276 g/mol. The fourth-order valence-corrected chi connectivity index (χ4v) is 2.27. The molecule has 4 N–H and O–H groups in total. The predicted molar refractivity (Wildman–Crippen MR) is 81.0 cm³/mol. The number of carbonyl (C=O) groups excluding carboxylic acids is 1. The summed E-state index contributed by atoms with van der Waals surface area (Å²) in [5.74, 6) is 1.22. The molecule has 1 aromatic rings. The molecule has 0 spiro atoms. The van der Waals surface area contributed by atoms with Gasteiger partial charge in [0.1, 0.15) is 6.10 Å². The third-order valence-corrected chi connectivity index (χ3v) is 3.66. The van der Waals surface area contributed by atoms with E-state index in [2.05, 4.69) is 12.4 Å². The molecule has 0 bridgehead atoms. The van der Waals surface area contributed by atoms with Gasteiger partial charge in [0, 0.05) is 6.04 Å². The third-order valence-electron chi connectivity index (χ3n) is 2.73. The van der Waals surface area contributed by atoms with Gasteiger partial charge >= 0.3 is 0 Å². The van der Waals surface area contributed by atoms with Crippen molar-refractivity contribution in [3.63, 3.8) is 0 Å². The van der Waals surface area contributed by atoms with Gasteiger partial charge in [-0.2, -0.15) is 11.8 Å². The summed E-state index contributed by atoms with van der Waals surface area (Å²) in [6.07, 6.45) is -0.658. The van der Waals surface area contributed by atoms with Crippen molar-refractivity contribution in [2.75, 3.05) is 11.5 Å². The number of thioether (sulfide) groups is 1. The van der Waals surface area contributed by atoms with Gasteiger partial charge in [-0.1, -0.05) is 37.3 Å². The smallest absolute Gasteiger partial charge is 0.273 e. The Kier molecular flexibility index (Phi) is 8.29. The lowest BCUT2D eigenvalue weighted by atomic mass is 10.1. The molecule has 0 fully saturated rings. The highest BCUT2D eigenvalue weighted by Crippen LogP contribution is 2.06. The average Bonchev–Trinajstić information content (AvgIpc) is 2.47. The van der Waals surface area contributed by atoms with Gasteiger partial charge in [0.05, 0.1) is 6.61 Å². The van der Waals surface area contributed by atoms with Crippen LogP contribution in [0.15, 0.2) is 30.3 Å². The van der Waals surface area contributed by atoms with Gasteiger partial charge in [0.15, 0.2) is 0 Å². The van der Waals surface area contributed by atoms with Crippen LogP contribution in [0.3, 0.4) is 0 Å². The Hall–Kier alpha value is -1.08. The fraction of sp³-hybridized carbons (Fsp3) is 0.500. The van der Waals surface area contributed by atoms with Crippen LogP contribution >= 0.6 is 11.8 Å². The van der Waals surface area contributed by atoms with Gasteiger partial charge in [0.25, 0.3) is 5.91 Å². The molecule has 112 valence electrons. The standard InChI is InChI=1S/C14H22N2O3S/c1-2-20-9-8-12(15)13(17)14(18)16-19-10-11-6-4-3-5-7-11/h3-7,12-13,17H,2,8-10,15H2,1H3,(H,16,18)/t12-,13?/m1/s1. The van der Waals surface area contributed by atoms with Crippen molar-refractivity contribution >= 4 is 17.7 Å². The first-order valence-electron chi connectivity index (χ1n) is 6.62. The molecule has 0 aliphatic heterocycles. The van der Waals surface area contributed by atoms with Crippen LogP contribution < -0.4 is 11.2 Å². The summed E-state index contributed by atoms with van der Waals surface area (Å²) in [5.41, 5.74) is 8.92. The quantitative estimate of drug-likeness (QED) is 0.469. The number of benzene rings is 1. The topological polar surface area (TPSA) is 84.6 Å². The Morgan fingerprint density at radius 2 is 2.15 bits per heavy atom. The Bertz CT molecular complexity index is 389. The highest BCUT2D eigenvalue weighted by molar-refractivity contribution is 7.99. The molecular formula is C14H22N2O3S. The molecule has 1 aromatic carbocycles. The fourth-order valence-electron chi connectivity index (χ4n) is 1.54. The minimum absolute atomic E-state index is 0.250. The van der Waals surface area contributed by atoms with Gasteiger partial charge in [-0.15, -0.1) is 0 Å². The van der Waals surface area contributed by atoms with Gasteiger partial charge < -0.3 is 10.8 Å². The van der Waals surface area contributed by atoms with Crippen molar-refractivity contribution in [3.05, 3.63) is 35.9 Å². The number of aliphatic hydroxyl groups excluding tert-OH is 1. The summed E-state index contributed by atoms with van der Waals surface area (Å²) in [6.45, 7) is 2.30. The number of aliphatic hydroxyl groups is 1. The molecule has 0 saturated carbocycles.